The summed E-state index contributed by atoms with van der Waals surface area (Å²) in [6.45, 7) is 9.97. The molecule has 0 bridgehead atoms. The predicted octanol–water partition coefficient (Wildman–Crippen LogP) is 7.53. The number of hydrogen-bond donors (Lipinski definition) is 0. The lowest BCUT2D eigenvalue weighted by atomic mass is 9.72. The van der Waals surface area contributed by atoms with Crippen LogP contribution in [0.2, 0.25) is 0 Å². The Kier molecular flexibility index (Phi) is 10.4. The molecule has 0 radical (unpaired) electrons. The zero-order chi connectivity index (χ0) is 33.9. The first-order chi connectivity index (χ1) is 23.3. The van der Waals surface area contributed by atoms with Gasteiger partial charge in [0.25, 0.3) is 5.91 Å². The molecule has 1 saturated heterocycles. The minimum Gasteiger partial charge on any atom is -0.493 e. The van der Waals surface area contributed by atoms with Gasteiger partial charge >= 0.3 is 0 Å². The molecule has 4 atom stereocenters. The summed E-state index contributed by atoms with van der Waals surface area (Å²) >= 11 is 0. The molecule has 0 aromatic heterocycles. The maximum absolute atomic E-state index is 14.4. The van der Waals surface area contributed by atoms with Crippen LogP contribution in [0.25, 0.3) is 0 Å². The highest BCUT2D eigenvalue weighted by atomic mass is 16.5. The van der Waals surface area contributed by atoms with Crippen molar-refractivity contribution in [2.45, 2.75) is 65.0 Å². The minimum absolute atomic E-state index is 0.0566. The van der Waals surface area contributed by atoms with Crippen LogP contribution in [0, 0.1) is 17.8 Å². The van der Waals surface area contributed by atoms with Crippen LogP contribution in [-0.2, 0) is 12.8 Å². The molecule has 3 aliphatic rings. The minimum atomic E-state index is -0.0861. The van der Waals surface area contributed by atoms with Gasteiger partial charge in [0.05, 0.1) is 41.1 Å². The normalized spacial score (nSPS) is 22.0. The van der Waals surface area contributed by atoms with Crippen LogP contribution in [0.15, 0.2) is 48.5 Å². The third-order valence-electron chi connectivity index (χ3n) is 10.8. The van der Waals surface area contributed by atoms with E-state index in [0.29, 0.717) is 48.3 Å². The van der Waals surface area contributed by atoms with Crippen molar-refractivity contribution in [1.29, 1.82) is 0 Å². The van der Waals surface area contributed by atoms with Gasteiger partial charge < -0.3 is 28.6 Å². The first kappa shape index (κ1) is 34.0. The van der Waals surface area contributed by atoms with E-state index in [0.717, 1.165) is 73.8 Å². The zero-order valence-corrected chi connectivity index (χ0v) is 29.7. The number of rotatable bonds is 11. The fourth-order valence-electron chi connectivity index (χ4n) is 8.19. The van der Waals surface area contributed by atoms with E-state index in [1.54, 1.807) is 28.4 Å². The predicted molar refractivity (Wildman–Crippen MR) is 188 cm³/mol. The Balaban J connectivity index is 1.34. The molecule has 48 heavy (non-hydrogen) atoms. The lowest BCUT2D eigenvalue weighted by Crippen LogP contribution is -2.47. The van der Waals surface area contributed by atoms with Crippen LogP contribution in [0.1, 0.15) is 84.7 Å². The molecule has 1 amide bonds. The summed E-state index contributed by atoms with van der Waals surface area (Å²) in [6, 6.07) is 16.5. The number of carbonyl (C=O) groups excluding carboxylic acids is 1. The third-order valence-corrected chi connectivity index (χ3v) is 10.8. The fourth-order valence-corrected chi connectivity index (χ4v) is 8.19. The van der Waals surface area contributed by atoms with Crippen molar-refractivity contribution >= 4 is 5.91 Å². The summed E-state index contributed by atoms with van der Waals surface area (Å²) in [5, 5.41) is 0. The molecule has 8 heteroatoms. The molecule has 3 aromatic rings. The summed E-state index contributed by atoms with van der Waals surface area (Å²) in [5.41, 5.74) is 5.77. The SMILES string of the molecule is CC[C@H]1CN2CCc3cc(OC)c(OC)cc3[C@@H]2C[C@@H]1C[C@@H]1c2cc(OC)c(OC)cc2CCN1C(=O)c1ccc(OCC(C)C)cc1. The number of methoxy groups -OCH3 is 4. The van der Waals surface area contributed by atoms with Gasteiger partial charge in [-0.25, -0.2) is 0 Å². The van der Waals surface area contributed by atoms with E-state index >= 15 is 0 Å². The molecule has 0 spiro atoms. The largest absolute Gasteiger partial charge is 0.493 e. The van der Waals surface area contributed by atoms with E-state index in [9.17, 15) is 4.79 Å². The van der Waals surface area contributed by atoms with Gasteiger partial charge in [-0.3, -0.25) is 9.69 Å². The number of benzene rings is 3. The molecule has 0 unspecified atom stereocenters. The van der Waals surface area contributed by atoms with Gasteiger partial charge in [-0.1, -0.05) is 27.2 Å². The van der Waals surface area contributed by atoms with E-state index in [1.807, 2.05) is 24.3 Å². The number of ether oxygens (including phenoxy) is 5. The Morgan fingerprint density at radius 2 is 1.38 bits per heavy atom. The standard InChI is InChI=1S/C40H52N2O6/c1-8-26-23-41-15-13-28-19-36(44-4)38(46-6)21-32(28)34(41)17-30(26)18-35-33-22-39(47-7)37(45-5)20-29(33)14-16-42(35)40(43)27-9-11-31(12-10-27)48-24-25(2)3/h9-12,19-22,25-26,30,34-35H,8,13-18,23-24H2,1-7H3/t26-,30+,34-,35+/m0/s1. The lowest BCUT2D eigenvalue weighted by Gasteiger charge is -2.49. The second kappa shape index (κ2) is 14.7. The molecular formula is C40H52N2O6. The van der Waals surface area contributed by atoms with Crippen LogP contribution in [-0.4, -0.2) is 70.4 Å². The Morgan fingerprint density at radius 3 is 1.98 bits per heavy atom. The van der Waals surface area contributed by atoms with Crippen LogP contribution in [0.5, 0.6) is 28.7 Å². The molecule has 3 heterocycles. The van der Waals surface area contributed by atoms with Gasteiger partial charge in [0.1, 0.15) is 5.75 Å². The fraction of sp³-hybridized carbons (Fsp3) is 0.525. The van der Waals surface area contributed by atoms with Crippen LogP contribution in [0.3, 0.4) is 0 Å². The van der Waals surface area contributed by atoms with Crippen LogP contribution in [0.4, 0.5) is 0 Å². The molecule has 3 aliphatic heterocycles. The molecule has 0 aliphatic carbocycles. The van der Waals surface area contributed by atoms with Gasteiger partial charge in [0.15, 0.2) is 23.0 Å². The topological polar surface area (TPSA) is 69.7 Å². The van der Waals surface area contributed by atoms with Crippen molar-refractivity contribution in [2.24, 2.45) is 17.8 Å². The van der Waals surface area contributed by atoms with Gasteiger partial charge in [-0.15, -0.1) is 0 Å². The van der Waals surface area contributed by atoms with E-state index in [1.165, 1.54) is 16.7 Å². The Hall–Kier alpha value is -3.91. The van der Waals surface area contributed by atoms with Crippen molar-refractivity contribution in [3.05, 3.63) is 76.3 Å². The maximum atomic E-state index is 14.4. The molecule has 0 saturated carbocycles. The van der Waals surface area contributed by atoms with Crippen LogP contribution < -0.4 is 23.7 Å². The maximum Gasteiger partial charge on any atom is 0.254 e. The Bertz CT molecular complexity index is 1590. The Morgan fingerprint density at radius 1 is 0.792 bits per heavy atom. The monoisotopic (exact) mass is 656 g/mol. The third kappa shape index (κ3) is 6.69. The number of nitrogens with zero attached hydrogens (tertiary/aromatic N) is 2. The first-order valence-electron chi connectivity index (χ1n) is 17.6. The van der Waals surface area contributed by atoms with Gasteiger partial charge in [-0.2, -0.15) is 0 Å². The quantitative estimate of drug-likeness (QED) is 0.211. The van der Waals surface area contributed by atoms with Gasteiger partial charge in [0.2, 0.25) is 0 Å². The summed E-state index contributed by atoms with van der Waals surface area (Å²) in [6.07, 6.45) is 4.79. The van der Waals surface area contributed by atoms with E-state index < -0.39 is 0 Å². The molecule has 1 fully saturated rings. The number of carbonyl (C=O) groups is 1. The molecular weight excluding hydrogens is 604 g/mol. The zero-order valence-electron chi connectivity index (χ0n) is 29.7. The number of fused-ring (bicyclic) bond motifs is 4. The molecule has 3 aromatic carbocycles. The van der Waals surface area contributed by atoms with Crippen LogP contribution >= 0.6 is 0 Å². The highest BCUT2D eigenvalue weighted by molar-refractivity contribution is 5.95. The van der Waals surface area contributed by atoms with Crippen molar-refractivity contribution in [3.8, 4) is 28.7 Å². The van der Waals surface area contributed by atoms with E-state index in [-0.39, 0.29) is 11.9 Å². The second-order valence-corrected chi connectivity index (χ2v) is 14.0. The number of piperidine rings is 1. The van der Waals surface area contributed by atoms with Gasteiger partial charge in [0, 0.05) is 31.2 Å². The number of amides is 1. The summed E-state index contributed by atoms with van der Waals surface area (Å²) < 4.78 is 28.8. The van der Waals surface area contributed by atoms with E-state index in [4.69, 9.17) is 23.7 Å². The van der Waals surface area contributed by atoms with Crippen molar-refractivity contribution < 1.29 is 28.5 Å². The molecule has 0 N–H and O–H groups in total. The average molecular weight is 657 g/mol. The van der Waals surface area contributed by atoms with Crippen molar-refractivity contribution in [1.82, 2.24) is 9.80 Å². The Labute approximate surface area is 286 Å². The highest BCUT2D eigenvalue weighted by Crippen LogP contribution is 2.49. The second-order valence-electron chi connectivity index (χ2n) is 14.0. The number of hydrogen-bond acceptors (Lipinski definition) is 7. The molecule has 6 rings (SSSR count). The first-order valence-corrected chi connectivity index (χ1v) is 17.6. The van der Waals surface area contributed by atoms with E-state index in [2.05, 4.69) is 54.8 Å². The summed E-state index contributed by atoms with van der Waals surface area (Å²) in [4.78, 5) is 19.2. The van der Waals surface area contributed by atoms with Crippen molar-refractivity contribution in [2.75, 3.05) is 54.7 Å². The molecule has 8 nitrogen and oxygen atoms in total. The smallest absolute Gasteiger partial charge is 0.254 e. The summed E-state index contributed by atoms with van der Waals surface area (Å²) in [5.74, 6) is 5.23. The molecule has 258 valence electrons. The van der Waals surface area contributed by atoms with Crippen molar-refractivity contribution in [3.63, 3.8) is 0 Å². The average Bonchev–Trinajstić information content (AvgIpc) is 3.12. The van der Waals surface area contributed by atoms with Gasteiger partial charge in [-0.05, 0) is 114 Å². The highest BCUT2D eigenvalue weighted by Gasteiger charge is 2.42. The lowest BCUT2D eigenvalue weighted by molar-refractivity contribution is 0.0287. The summed E-state index contributed by atoms with van der Waals surface area (Å²) in [7, 11) is 6.78.